The molecule has 1 aliphatic heterocycles. The summed E-state index contributed by atoms with van der Waals surface area (Å²) >= 11 is 0. The molecular weight excluding hydrogens is 397 g/mol. The van der Waals surface area contributed by atoms with Gasteiger partial charge in [0.1, 0.15) is 5.82 Å². The number of benzene rings is 2. The summed E-state index contributed by atoms with van der Waals surface area (Å²) in [6.45, 7) is 0.315. The fourth-order valence-corrected chi connectivity index (χ4v) is 3.36. The van der Waals surface area contributed by atoms with Crippen molar-refractivity contribution >= 4 is 29.4 Å². The van der Waals surface area contributed by atoms with E-state index in [1.165, 1.54) is 35.2 Å². The lowest BCUT2D eigenvalue weighted by atomic mass is 9.92. The number of halogens is 1. The molecule has 1 aromatic heterocycles. The first-order valence-corrected chi connectivity index (χ1v) is 9.55. The lowest BCUT2D eigenvalue weighted by molar-refractivity contribution is -0.114. The highest BCUT2D eigenvalue weighted by Gasteiger charge is 2.33. The van der Waals surface area contributed by atoms with E-state index in [-0.39, 0.29) is 17.0 Å². The van der Waals surface area contributed by atoms with Crippen molar-refractivity contribution in [3.05, 3.63) is 101 Å². The van der Waals surface area contributed by atoms with E-state index in [2.05, 4.69) is 10.3 Å². The van der Waals surface area contributed by atoms with Gasteiger partial charge in [0, 0.05) is 37.1 Å². The van der Waals surface area contributed by atoms with Crippen LogP contribution in [-0.2, 0) is 11.3 Å². The Hall–Kier alpha value is -4.13. The third kappa shape index (κ3) is 4.11. The van der Waals surface area contributed by atoms with E-state index in [1.807, 2.05) is 0 Å². The molecule has 1 N–H and O–H groups in total. The van der Waals surface area contributed by atoms with Gasteiger partial charge < -0.3 is 10.2 Å². The number of rotatable bonds is 4. The van der Waals surface area contributed by atoms with Crippen LogP contribution < -0.4 is 10.2 Å². The number of hydrogen-bond acceptors (Lipinski definition) is 4. The lowest BCUT2D eigenvalue weighted by Crippen LogP contribution is -2.37. The van der Waals surface area contributed by atoms with Crippen molar-refractivity contribution in [2.45, 2.75) is 6.54 Å². The molecule has 1 aliphatic rings. The van der Waals surface area contributed by atoms with E-state index in [4.69, 9.17) is 0 Å². The van der Waals surface area contributed by atoms with Crippen LogP contribution in [0.15, 0.2) is 72.6 Å². The van der Waals surface area contributed by atoms with Crippen LogP contribution in [0.25, 0.3) is 6.08 Å². The van der Waals surface area contributed by atoms with E-state index < -0.39 is 17.5 Å². The number of aromatic nitrogens is 1. The number of fused-ring (bicyclic) bond motifs is 1. The summed E-state index contributed by atoms with van der Waals surface area (Å²) in [7, 11) is 1.55. The normalized spacial score (nSPS) is 14.5. The van der Waals surface area contributed by atoms with Crippen molar-refractivity contribution in [3.8, 4) is 0 Å². The van der Waals surface area contributed by atoms with E-state index in [0.717, 1.165) is 5.56 Å². The number of nitrogens with zero attached hydrogens (tertiary/aromatic N) is 2. The zero-order valence-corrected chi connectivity index (χ0v) is 16.6. The Balaban J connectivity index is 1.63. The van der Waals surface area contributed by atoms with Crippen molar-refractivity contribution in [3.63, 3.8) is 0 Å². The van der Waals surface area contributed by atoms with Crippen LogP contribution in [0.3, 0.4) is 0 Å². The number of ketones is 1. The number of amides is 2. The highest BCUT2D eigenvalue weighted by molar-refractivity contribution is 6.36. The maximum absolute atomic E-state index is 13.5. The molecule has 2 heterocycles. The van der Waals surface area contributed by atoms with Gasteiger partial charge in [-0.2, -0.15) is 0 Å². The van der Waals surface area contributed by atoms with E-state index >= 15 is 0 Å². The third-order valence-corrected chi connectivity index (χ3v) is 5.01. The fraction of sp³-hybridized carbons (Fsp3) is 0.0833. The summed E-state index contributed by atoms with van der Waals surface area (Å²) in [6.07, 6.45) is 4.64. The van der Waals surface area contributed by atoms with Crippen LogP contribution in [0.2, 0.25) is 0 Å². The molecule has 154 valence electrons. The van der Waals surface area contributed by atoms with Crippen molar-refractivity contribution in [1.29, 1.82) is 0 Å². The summed E-state index contributed by atoms with van der Waals surface area (Å²) in [5.74, 6) is -1.81. The molecule has 3 aromatic rings. The summed E-state index contributed by atoms with van der Waals surface area (Å²) in [5.41, 5.74) is 2.16. The van der Waals surface area contributed by atoms with Gasteiger partial charge in [-0.25, -0.2) is 4.39 Å². The van der Waals surface area contributed by atoms with Gasteiger partial charge in [-0.1, -0.05) is 12.1 Å². The first-order valence-electron chi connectivity index (χ1n) is 9.55. The monoisotopic (exact) mass is 415 g/mol. The Morgan fingerprint density at radius 3 is 2.61 bits per heavy atom. The van der Waals surface area contributed by atoms with Crippen LogP contribution in [0, 0.1) is 5.82 Å². The predicted molar refractivity (Wildman–Crippen MR) is 114 cm³/mol. The van der Waals surface area contributed by atoms with Gasteiger partial charge in [-0.3, -0.25) is 19.4 Å². The zero-order chi connectivity index (χ0) is 22.0. The second-order valence-corrected chi connectivity index (χ2v) is 7.08. The molecule has 0 spiro atoms. The summed E-state index contributed by atoms with van der Waals surface area (Å²) in [6, 6.07) is 13.8. The van der Waals surface area contributed by atoms with Crippen LogP contribution >= 0.6 is 0 Å². The first-order chi connectivity index (χ1) is 14.9. The molecule has 0 unspecified atom stereocenters. The molecule has 2 amide bonds. The van der Waals surface area contributed by atoms with Gasteiger partial charge in [0.2, 0.25) is 5.78 Å². The Morgan fingerprint density at radius 1 is 1.10 bits per heavy atom. The van der Waals surface area contributed by atoms with Crippen molar-refractivity contribution in [2.24, 2.45) is 0 Å². The van der Waals surface area contributed by atoms with E-state index in [0.29, 0.717) is 23.4 Å². The van der Waals surface area contributed by atoms with Crippen LogP contribution in [0.4, 0.5) is 10.1 Å². The molecule has 0 fully saturated rings. The van der Waals surface area contributed by atoms with Gasteiger partial charge in [0.25, 0.3) is 11.8 Å². The minimum absolute atomic E-state index is 0.0880. The molecule has 4 rings (SSSR count). The van der Waals surface area contributed by atoms with Crippen molar-refractivity contribution in [2.75, 3.05) is 11.9 Å². The number of likely N-dealkylation sites (N-methyl/N-ethyl adjacent to an activating group) is 1. The average molecular weight is 415 g/mol. The number of Topliss-reactive ketones (excluding diaryl/α,β-unsaturated/α-hetero) is 1. The Kier molecular flexibility index (Phi) is 5.41. The molecule has 2 aromatic carbocycles. The summed E-state index contributed by atoms with van der Waals surface area (Å²) in [4.78, 5) is 43.7. The predicted octanol–water partition coefficient (Wildman–Crippen LogP) is 3.39. The van der Waals surface area contributed by atoms with Crippen molar-refractivity contribution in [1.82, 2.24) is 10.3 Å². The number of carbonyl (C=O) groups excluding carboxylic acids is 3. The Bertz CT molecular complexity index is 1220. The van der Waals surface area contributed by atoms with Crippen LogP contribution in [-0.4, -0.2) is 29.6 Å². The SMILES string of the molecule is CN1C(=O)/C(=C\c2cccc(F)c2)C(=O)c2cc(C(=O)NCc3ccncc3)ccc21. The fourth-order valence-electron chi connectivity index (χ4n) is 3.36. The molecule has 0 saturated heterocycles. The minimum atomic E-state index is -0.508. The van der Waals surface area contributed by atoms with E-state index in [9.17, 15) is 18.8 Å². The zero-order valence-electron chi connectivity index (χ0n) is 16.6. The van der Waals surface area contributed by atoms with Gasteiger partial charge >= 0.3 is 0 Å². The topological polar surface area (TPSA) is 79.4 Å². The van der Waals surface area contributed by atoms with Crippen LogP contribution in [0.5, 0.6) is 0 Å². The molecule has 31 heavy (non-hydrogen) atoms. The van der Waals surface area contributed by atoms with Gasteiger partial charge in [0.05, 0.1) is 11.3 Å². The highest BCUT2D eigenvalue weighted by Crippen LogP contribution is 2.31. The number of anilines is 1. The van der Waals surface area contributed by atoms with Crippen LogP contribution in [0.1, 0.15) is 31.8 Å². The number of hydrogen-bond donors (Lipinski definition) is 1. The highest BCUT2D eigenvalue weighted by atomic mass is 19.1. The Morgan fingerprint density at radius 2 is 1.87 bits per heavy atom. The summed E-state index contributed by atoms with van der Waals surface area (Å²) < 4.78 is 13.5. The quantitative estimate of drug-likeness (QED) is 0.523. The second kappa shape index (κ2) is 8.31. The first kappa shape index (κ1) is 20.2. The molecule has 0 aliphatic carbocycles. The molecular formula is C24H18FN3O3. The molecule has 6 nitrogen and oxygen atoms in total. The standard InChI is InChI=1S/C24H18FN3O3/c1-28-21-6-5-17(23(30)27-14-15-7-9-26-10-8-15)13-19(21)22(29)20(24(28)31)12-16-3-2-4-18(25)11-16/h2-13H,14H2,1H3,(H,27,30)/b20-12-. The van der Waals surface area contributed by atoms with E-state index in [1.54, 1.807) is 49.8 Å². The number of nitrogens with one attached hydrogen (secondary N) is 1. The van der Waals surface area contributed by atoms with Gasteiger partial charge in [-0.15, -0.1) is 0 Å². The van der Waals surface area contributed by atoms with Crippen molar-refractivity contribution < 1.29 is 18.8 Å². The number of carbonyl (C=O) groups is 3. The maximum atomic E-state index is 13.5. The molecule has 0 atom stereocenters. The lowest BCUT2D eigenvalue weighted by Gasteiger charge is -2.27. The molecule has 0 radical (unpaired) electrons. The largest absolute Gasteiger partial charge is 0.348 e. The molecule has 7 heteroatoms. The van der Waals surface area contributed by atoms with Gasteiger partial charge in [0.15, 0.2) is 0 Å². The summed E-state index contributed by atoms with van der Waals surface area (Å²) in [5, 5.41) is 2.80. The maximum Gasteiger partial charge on any atom is 0.262 e. The average Bonchev–Trinajstić information content (AvgIpc) is 2.79. The third-order valence-electron chi connectivity index (χ3n) is 5.01. The minimum Gasteiger partial charge on any atom is -0.348 e. The molecule has 0 saturated carbocycles. The molecule has 0 bridgehead atoms. The smallest absolute Gasteiger partial charge is 0.262 e. The Labute approximate surface area is 178 Å². The number of pyridine rings is 1. The van der Waals surface area contributed by atoms with Gasteiger partial charge in [-0.05, 0) is 59.7 Å². The second-order valence-electron chi connectivity index (χ2n) is 7.08.